The maximum Gasteiger partial charge on any atom is 0.0806 e. The molecule has 0 spiro atoms. The molecule has 2 nitrogen and oxygen atoms in total. The Balaban J connectivity index is 1.41. The van der Waals surface area contributed by atoms with E-state index in [9.17, 15) is 10.2 Å². The van der Waals surface area contributed by atoms with Crippen molar-refractivity contribution in [2.24, 2.45) is 34.5 Å². The second-order valence-corrected chi connectivity index (χ2v) is 10.7. The molecule has 8 atom stereocenters. The van der Waals surface area contributed by atoms with Gasteiger partial charge in [0.1, 0.15) is 0 Å². The highest BCUT2D eigenvalue weighted by molar-refractivity contribution is 5.45. The lowest BCUT2D eigenvalue weighted by atomic mass is 9.45. The lowest BCUT2D eigenvalue weighted by Gasteiger charge is -2.60. The van der Waals surface area contributed by atoms with Crippen LogP contribution in [0.3, 0.4) is 0 Å². The van der Waals surface area contributed by atoms with Crippen LogP contribution >= 0.6 is 0 Å². The Bertz CT molecular complexity index is 605. The van der Waals surface area contributed by atoms with Gasteiger partial charge >= 0.3 is 0 Å². The molecule has 5 aliphatic rings. The van der Waals surface area contributed by atoms with E-state index in [1.807, 2.05) is 0 Å². The van der Waals surface area contributed by atoms with Crippen molar-refractivity contribution in [2.75, 3.05) is 0 Å². The van der Waals surface area contributed by atoms with E-state index in [1.54, 1.807) is 0 Å². The first-order chi connectivity index (χ1) is 12.9. The van der Waals surface area contributed by atoms with Crippen molar-refractivity contribution >= 4 is 0 Å². The van der Waals surface area contributed by atoms with Crippen LogP contribution < -0.4 is 0 Å². The fraction of sp³-hybridized carbons (Fsp3) is 0.720. The largest absolute Gasteiger partial charge is 0.393 e. The minimum absolute atomic E-state index is 0.0525. The Labute approximate surface area is 165 Å². The molecule has 5 rings (SSSR count). The van der Waals surface area contributed by atoms with Gasteiger partial charge in [-0.3, -0.25) is 0 Å². The van der Waals surface area contributed by atoms with Crippen LogP contribution in [0.25, 0.3) is 0 Å². The summed E-state index contributed by atoms with van der Waals surface area (Å²) >= 11 is 0. The van der Waals surface area contributed by atoms with Gasteiger partial charge < -0.3 is 10.2 Å². The van der Waals surface area contributed by atoms with Gasteiger partial charge in [0.15, 0.2) is 0 Å². The van der Waals surface area contributed by atoms with Gasteiger partial charge in [-0.25, -0.2) is 0 Å². The van der Waals surface area contributed by atoms with Crippen LogP contribution in [0, 0.1) is 66.1 Å². The Kier molecular flexibility index (Phi) is 4.56. The molecule has 0 amide bonds. The van der Waals surface area contributed by atoms with Gasteiger partial charge in [0.05, 0.1) is 12.2 Å². The van der Waals surface area contributed by atoms with E-state index in [0.29, 0.717) is 17.3 Å². The maximum absolute atomic E-state index is 11.3. The Morgan fingerprint density at radius 1 is 0.926 bits per heavy atom. The van der Waals surface area contributed by atoms with Gasteiger partial charge in [0.25, 0.3) is 0 Å². The molecule has 0 unspecified atom stereocenters. The van der Waals surface area contributed by atoms with Crippen molar-refractivity contribution in [3.8, 4) is 0 Å². The van der Waals surface area contributed by atoms with E-state index in [2.05, 4.69) is 45.6 Å². The average Bonchev–Trinajstić information content (AvgIpc) is 3.24. The zero-order valence-corrected chi connectivity index (χ0v) is 16.9. The van der Waals surface area contributed by atoms with Crippen molar-refractivity contribution < 1.29 is 10.2 Å². The molecule has 0 aromatic heterocycles. The molecule has 5 aliphatic carbocycles. The second kappa shape index (κ2) is 6.59. The summed E-state index contributed by atoms with van der Waals surface area (Å²) in [4.78, 5) is 0. The standard InChI is InChI=1S/C25H35O2/c1-24-11-9-19(26)15-18(24)7-8-20-21(24)10-12-25(2)22(20)14-17(23(25)27)13-16-5-3-4-6-16/h3-6,13,18-23,26-27H,7-12,14-15H2,1-2H3/b17-13+/t18-,19-,20+,21-,22-,23-,24-,25-/m0/s1. The highest BCUT2D eigenvalue weighted by Gasteiger charge is 2.61. The van der Waals surface area contributed by atoms with Crippen LogP contribution in [0.4, 0.5) is 0 Å². The van der Waals surface area contributed by atoms with Crippen LogP contribution in [0.2, 0.25) is 0 Å². The van der Waals surface area contributed by atoms with Gasteiger partial charge in [-0.05, 0) is 112 Å². The summed E-state index contributed by atoms with van der Waals surface area (Å²) in [6.45, 7) is 4.90. The normalized spacial score (nSPS) is 54.6. The molecule has 147 valence electrons. The third-order valence-electron chi connectivity index (χ3n) is 9.55. The summed E-state index contributed by atoms with van der Waals surface area (Å²) in [6.07, 6.45) is 19.6. The number of aliphatic hydroxyl groups excluding tert-OH is 2. The molecular formula is C25H35O2. The van der Waals surface area contributed by atoms with Crippen LogP contribution in [-0.2, 0) is 0 Å². The van der Waals surface area contributed by atoms with Crippen molar-refractivity contribution in [3.05, 3.63) is 43.3 Å². The highest BCUT2D eigenvalue weighted by atomic mass is 16.3. The van der Waals surface area contributed by atoms with Crippen LogP contribution in [0.5, 0.6) is 0 Å². The molecule has 5 radical (unpaired) electrons. The molecule has 0 aliphatic heterocycles. The molecular weight excluding hydrogens is 332 g/mol. The van der Waals surface area contributed by atoms with Crippen LogP contribution in [-0.4, -0.2) is 22.4 Å². The van der Waals surface area contributed by atoms with Gasteiger partial charge in [-0.2, -0.15) is 0 Å². The maximum atomic E-state index is 11.3. The summed E-state index contributed by atoms with van der Waals surface area (Å²) in [5.41, 5.74) is 1.73. The van der Waals surface area contributed by atoms with Gasteiger partial charge in [-0.15, -0.1) is 0 Å². The number of allylic oxidation sites excluding steroid dienone is 1. The predicted octanol–water partition coefficient (Wildman–Crippen LogP) is 4.69. The molecule has 0 heterocycles. The van der Waals surface area contributed by atoms with Crippen molar-refractivity contribution in [2.45, 2.75) is 77.4 Å². The third-order valence-corrected chi connectivity index (χ3v) is 9.55. The third kappa shape index (κ3) is 2.80. The summed E-state index contributed by atoms with van der Waals surface area (Å²) in [7, 11) is 0. The number of hydrogen-bond acceptors (Lipinski definition) is 2. The minimum atomic E-state index is -0.281. The van der Waals surface area contributed by atoms with Gasteiger partial charge in [0, 0.05) is 11.3 Å². The van der Waals surface area contributed by atoms with E-state index in [0.717, 1.165) is 37.5 Å². The minimum Gasteiger partial charge on any atom is -0.393 e. The molecule has 0 saturated heterocycles. The zero-order chi connectivity index (χ0) is 18.8. The Morgan fingerprint density at radius 2 is 1.67 bits per heavy atom. The summed E-state index contributed by atoms with van der Waals surface area (Å²) in [6, 6.07) is 0. The molecule has 0 aromatic carbocycles. The predicted molar refractivity (Wildman–Crippen MR) is 108 cm³/mol. The fourth-order valence-electron chi connectivity index (χ4n) is 7.93. The smallest absolute Gasteiger partial charge is 0.0806 e. The number of fused-ring (bicyclic) bond motifs is 5. The van der Waals surface area contributed by atoms with E-state index in [-0.39, 0.29) is 17.6 Å². The topological polar surface area (TPSA) is 40.5 Å². The molecule has 27 heavy (non-hydrogen) atoms. The number of hydrogen-bond donors (Lipinski definition) is 2. The lowest BCUT2D eigenvalue weighted by molar-refractivity contribution is -0.133. The van der Waals surface area contributed by atoms with Crippen molar-refractivity contribution in [1.82, 2.24) is 0 Å². The Morgan fingerprint density at radius 3 is 2.44 bits per heavy atom. The van der Waals surface area contributed by atoms with Gasteiger partial charge in [0.2, 0.25) is 0 Å². The Hall–Kier alpha value is -0.340. The summed E-state index contributed by atoms with van der Waals surface area (Å²) in [5.74, 6) is 4.10. The second-order valence-electron chi connectivity index (χ2n) is 10.7. The number of rotatable bonds is 1. The molecule has 0 bridgehead atoms. The van der Waals surface area contributed by atoms with E-state index >= 15 is 0 Å². The zero-order valence-electron chi connectivity index (χ0n) is 16.9. The average molecular weight is 368 g/mol. The SMILES string of the molecule is C[C@]12CC[C@H](O)C[C@@H]1CC[C@@H]1[C@@H]2CC[C@]2(C)[C@@H](O)/C(=C/[C]3[CH][CH][CH][CH]3)C[C@@H]12. The first-order valence-electron chi connectivity index (χ1n) is 11.2. The quantitative estimate of drug-likeness (QED) is 0.706. The molecule has 0 aromatic rings. The van der Waals surface area contributed by atoms with E-state index in [4.69, 9.17) is 0 Å². The lowest BCUT2D eigenvalue weighted by Crippen LogP contribution is -2.54. The summed E-state index contributed by atoms with van der Waals surface area (Å²) in [5, 5.41) is 21.5. The van der Waals surface area contributed by atoms with Crippen molar-refractivity contribution in [1.29, 1.82) is 0 Å². The van der Waals surface area contributed by atoms with Gasteiger partial charge in [-0.1, -0.05) is 19.9 Å². The summed E-state index contributed by atoms with van der Waals surface area (Å²) < 4.78 is 0. The molecule has 5 fully saturated rings. The highest BCUT2D eigenvalue weighted by Crippen LogP contribution is 2.67. The van der Waals surface area contributed by atoms with Crippen LogP contribution in [0.1, 0.15) is 65.2 Å². The van der Waals surface area contributed by atoms with E-state index in [1.165, 1.54) is 37.2 Å². The van der Waals surface area contributed by atoms with Crippen LogP contribution in [0.15, 0.2) is 11.6 Å². The first-order valence-corrected chi connectivity index (χ1v) is 11.2. The van der Waals surface area contributed by atoms with Crippen molar-refractivity contribution in [3.63, 3.8) is 0 Å². The number of aliphatic hydroxyl groups is 2. The van der Waals surface area contributed by atoms with E-state index < -0.39 is 0 Å². The first kappa shape index (κ1) is 18.7. The monoisotopic (exact) mass is 367 g/mol. The molecule has 2 N–H and O–H groups in total. The fourth-order valence-corrected chi connectivity index (χ4v) is 7.93. The molecule has 5 saturated carbocycles. The molecule has 2 heteroatoms.